The van der Waals surface area contributed by atoms with E-state index in [9.17, 15) is 19.8 Å². The molecule has 0 rings (SSSR count). The van der Waals surface area contributed by atoms with Crippen LogP contribution in [0.25, 0.3) is 0 Å². The number of unbranched alkanes of at least 4 members (excludes halogenated alkanes) is 66. The molecule has 1 amide bonds. The number of ether oxygens (including phenoxy) is 1. The number of hydrogen-bond donors (Lipinski definition) is 3. The Balaban J connectivity index is 3.32. The Morgan fingerprint density at radius 3 is 0.798 bits per heavy atom. The van der Waals surface area contributed by atoms with E-state index in [1.165, 1.54) is 405 Å². The number of aliphatic hydroxyl groups excluding tert-OH is 2. The number of nitrogens with one attached hydrogen (secondary N) is 1. The third-order valence-corrected chi connectivity index (χ3v) is 19.8. The van der Waals surface area contributed by atoms with Gasteiger partial charge in [-0.25, -0.2) is 0 Å². The number of amides is 1. The zero-order valence-corrected chi connectivity index (χ0v) is 61.0. The molecule has 2 atom stereocenters. The number of esters is 1. The molecule has 0 aliphatic carbocycles. The summed E-state index contributed by atoms with van der Waals surface area (Å²) in [4.78, 5) is 24.7. The molecule has 0 saturated heterocycles. The number of aliphatic hydroxyl groups is 2. The molecule has 6 heteroatoms. The van der Waals surface area contributed by atoms with Crippen molar-refractivity contribution in [2.24, 2.45) is 0 Å². The first-order valence-corrected chi connectivity index (χ1v) is 41.4. The van der Waals surface area contributed by atoms with Gasteiger partial charge in [0.05, 0.1) is 25.4 Å². The predicted molar refractivity (Wildman–Crippen MR) is 394 cm³/mol. The van der Waals surface area contributed by atoms with Gasteiger partial charge in [-0.1, -0.05) is 431 Å². The van der Waals surface area contributed by atoms with Crippen molar-refractivity contribution in [1.82, 2.24) is 5.32 Å². The van der Waals surface area contributed by atoms with Crippen LogP contribution in [-0.2, 0) is 14.3 Å². The van der Waals surface area contributed by atoms with Crippen molar-refractivity contribution in [3.63, 3.8) is 0 Å². The van der Waals surface area contributed by atoms with Crippen molar-refractivity contribution < 1.29 is 24.5 Å². The fraction of sp³-hybridized carbons (Fsp3) is 0.952. The van der Waals surface area contributed by atoms with E-state index in [1.807, 2.05) is 0 Å². The third-order valence-electron chi connectivity index (χ3n) is 19.8. The topological polar surface area (TPSA) is 95.9 Å². The fourth-order valence-corrected chi connectivity index (χ4v) is 13.5. The maximum Gasteiger partial charge on any atom is 0.305 e. The molecule has 3 N–H and O–H groups in total. The summed E-state index contributed by atoms with van der Waals surface area (Å²) in [5, 5.41) is 23.5. The van der Waals surface area contributed by atoms with Gasteiger partial charge in [-0.05, 0) is 51.4 Å². The molecular formula is C83H163NO5. The second kappa shape index (κ2) is 79.0. The van der Waals surface area contributed by atoms with E-state index in [-0.39, 0.29) is 18.5 Å². The maximum atomic E-state index is 12.6. The average Bonchev–Trinajstić information content (AvgIpc) is 3.60. The quantitative estimate of drug-likeness (QED) is 0.0320. The molecule has 0 aliphatic rings. The normalized spacial score (nSPS) is 12.4. The van der Waals surface area contributed by atoms with Crippen molar-refractivity contribution in [2.45, 2.75) is 495 Å². The number of carbonyl (C=O) groups excluding carboxylic acids is 2. The second-order valence-electron chi connectivity index (χ2n) is 28.8. The van der Waals surface area contributed by atoms with Gasteiger partial charge in [0.25, 0.3) is 0 Å². The Morgan fingerprint density at radius 2 is 0.528 bits per heavy atom. The van der Waals surface area contributed by atoms with Gasteiger partial charge < -0.3 is 20.3 Å². The monoisotopic (exact) mass is 1250 g/mol. The van der Waals surface area contributed by atoms with Gasteiger partial charge >= 0.3 is 5.97 Å². The van der Waals surface area contributed by atoms with Crippen molar-refractivity contribution in [2.75, 3.05) is 13.2 Å². The minimum absolute atomic E-state index is 0.0152. The first kappa shape index (κ1) is 87.6. The zero-order chi connectivity index (χ0) is 64.2. The molecule has 0 aromatic heterocycles. The highest BCUT2D eigenvalue weighted by atomic mass is 16.5. The zero-order valence-electron chi connectivity index (χ0n) is 61.0. The van der Waals surface area contributed by atoms with Crippen LogP contribution in [0.1, 0.15) is 483 Å². The van der Waals surface area contributed by atoms with Crippen molar-refractivity contribution in [1.29, 1.82) is 0 Å². The summed E-state index contributed by atoms with van der Waals surface area (Å²) >= 11 is 0. The molecule has 0 bridgehead atoms. The summed E-state index contributed by atoms with van der Waals surface area (Å²) in [6, 6.07) is -0.539. The standard InChI is InChI=1S/C83H163NO5/c1-3-5-7-9-11-13-15-17-19-21-22-23-24-35-38-41-44-47-51-55-59-63-67-71-75-81(86)80(79-85)84-82(87)76-72-68-64-60-56-52-48-45-42-39-36-33-31-29-27-25-26-28-30-32-34-37-40-43-46-50-54-58-62-66-70-74-78-89-83(88)77-73-69-65-61-57-53-49-20-18-16-14-12-10-8-6-4-2/h20,49,80-81,85-86H,3-19,21-48,50-79H2,1-2H3,(H,84,87)/b49-20-. The summed E-state index contributed by atoms with van der Waals surface area (Å²) in [6.45, 7) is 5.01. The minimum Gasteiger partial charge on any atom is -0.466 e. The fourth-order valence-electron chi connectivity index (χ4n) is 13.5. The highest BCUT2D eigenvalue weighted by molar-refractivity contribution is 5.76. The molecular weight excluding hydrogens is 1090 g/mol. The Hall–Kier alpha value is -1.40. The SMILES string of the molecule is CCCCCCCCC/C=C\CCCCCCCC(=O)OCCCCCCCCCCCCCCCCCCCCCCCCCCCCCCCCCCC(=O)NC(CO)C(O)CCCCCCCCCCCCCCCCCCCCCCCCCC. The predicted octanol–water partition coefficient (Wildman–Crippen LogP) is 27.4. The van der Waals surface area contributed by atoms with Gasteiger partial charge in [0, 0.05) is 12.8 Å². The van der Waals surface area contributed by atoms with Crippen LogP contribution in [0.3, 0.4) is 0 Å². The van der Waals surface area contributed by atoms with Gasteiger partial charge in [0.1, 0.15) is 0 Å². The lowest BCUT2D eigenvalue weighted by Gasteiger charge is -2.22. The first-order valence-electron chi connectivity index (χ1n) is 41.4. The van der Waals surface area contributed by atoms with Gasteiger partial charge in [-0.15, -0.1) is 0 Å². The summed E-state index contributed by atoms with van der Waals surface area (Å²) in [5.74, 6) is -0.00879. The van der Waals surface area contributed by atoms with Crippen LogP contribution in [0, 0.1) is 0 Å². The summed E-state index contributed by atoms with van der Waals surface area (Å²) in [6.07, 6.45) is 100. The molecule has 0 aliphatic heterocycles. The van der Waals surface area contributed by atoms with Crippen LogP contribution >= 0.6 is 0 Å². The van der Waals surface area contributed by atoms with E-state index < -0.39 is 12.1 Å². The molecule has 0 aromatic carbocycles. The average molecular weight is 1260 g/mol. The van der Waals surface area contributed by atoms with Crippen LogP contribution in [0.5, 0.6) is 0 Å². The number of carbonyl (C=O) groups is 2. The van der Waals surface area contributed by atoms with Gasteiger partial charge in [-0.3, -0.25) is 9.59 Å². The van der Waals surface area contributed by atoms with Crippen molar-refractivity contribution in [3.8, 4) is 0 Å². The Bertz CT molecular complexity index is 1350. The maximum absolute atomic E-state index is 12.6. The molecule has 2 unspecified atom stereocenters. The van der Waals surface area contributed by atoms with Crippen LogP contribution in [0.4, 0.5) is 0 Å². The Labute approximate surface area is 559 Å². The van der Waals surface area contributed by atoms with Gasteiger partial charge in [0.15, 0.2) is 0 Å². The van der Waals surface area contributed by atoms with E-state index in [0.717, 1.165) is 44.9 Å². The Kier molecular flexibility index (Phi) is 77.8. The number of rotatable bonds is 79. The lowest BCUT2D eigenvalue weighted by Crippen LogP contribution is -2.45. The number of hydrogen-bond acceptors (Lipinski definition) is 5. The molecule has 0 fully saturated rings. The molecule has 6 nitrogen and oxygen atoms in total. The van der Waals surface area contributed by atoms with E-state index in [0.29, 0.717) is 25.9 Å². The lowest BCUT2D eigenvalue weighted by molar-refractivity contribution is -0.143. The van der Waals surface area contributed by atoms with Gasteiger partial charge in [0.2, 0.25) is 5.91 Å². The van der Waals surface area contributed by atoms with E-state index in [1.54, 1.807) is 0 Å². The van der Waals surface area contributed by atoms with Crippen LogP contribution < -0.4 is 5.32 Å². The van der Waals surface area contributed by atoms with E-state index >= 15 is 0 Å². The summed E-state index contributed by atoms with van der Waals surface area (Å²) in [7, 11) is 0. The Morgan fingerprint density at radius 1 is 0.303 bits per heavy atom. The lowest BCUT2D eigenvalue weighted by atomic mass is 10.0. The molecule has 0 aromatic rings. The van der Waals surface area contributed by atoms with Crippen LogP contribution in [-0.4, -0.2) is 47.4 Å². The molecule has 0 spiro atoms. The van der Waals surface area contributed by atoms with Crippen molar-refractivity contribution >= 4 is 11.9 Å². The largest absolute Gasteiger partial charge is 0.466 e. The summed E-state index contributed by atoms with van der Waals surface area (Å²) < 4.78 is 5.51. The van der Waals surface area contributed by atoms with E-state index in [4.69, 9.17) is 4.74 Å². The van der Waals surface area contributed by atoms with E-state index in [2.05, 4.69) is 31.3 Å². The van der Waals surface area contributed by atoms with Crippen molar-refractivity contribution in [3.05, 3.63) is 12.2 Å². The molecule has 530 valence electrons. The summed E-state index contributed by atoms with van der Waals surface area (Å²) in [5.41, 5.74) is 0. The first-order chi connectivity index (χ1) is 44.0. The van der Waals surface area contributed by atoms with Gasteiger partial charge in [-0.2, -0.15) is 0 Å². The highest BCUT2D eigenvalue weighted by Gasteiger charge is 2.20. The third kappa shape index (κ3) is 75.5. The molecule has 0 saturated carbocycles. The highest BCUT2D eigenvalue weighted by Crippen LogP contribution is 2.21. The smallest absolute Gasteiger partial charge is 0.305 e. The second-order valence-corrected chi connectivity index (χ2v) is 28.8. The van der Waals surface area contributed by atoms with Crippen LogP contribution in [0.2, 0.25) is 0 Å². The molecule has 0 radical (unpaired) electrons. The number of allylic oxidation sites excluding steroid dienone is 2. The van der Waals surface area contributed by atoms with Crippen LogP contribution in [0.15, 0.2) is 12.2 Å². The molecule has 89 heavy (non-hydrogen) atoms. The molecule has 0 heterocycles. The minimum atomic E-state index is -0.662.